The molecule has 7 nitrogen and oxygen atoms in total. The van der Waals surface area contributed by atoms with Gasteiger partial charge in [-0.15, -0.1) is 11.3 Å². The molecule has 0 bridgehead atoms. The summed E-state index contributed by atoms with van der Waals surface area (Å²) < 4.78 is 10.6. The number of nitrogens with zero attached hydrogens (tertiary/aromatic N) is 2. The Kier molecular flexibility index (Phi) is 6.36. The number of ether oxygens (including phenoxy) is 1. The fourth-order valence-electron chi connectivity index (χ4n) is 3.78. The number of para-hydroxylation sites is 1. The number of likely N-dealkylation sites (tertiary alicyclic amines) is 1. The molecule has 1 saturated heterocycles. The summed E-state index contributed by atoms with van der Waals surface area (Å²) >= 11 is 1.49. The average Bonchev–Trinajstić information content (AvgIpc) is 3.47. The van der Waals surface area contributed by atoms with Crippen molar-refractivity contribution in [3.63, 3.8) is 0 Å². The van der Waals surface area contributed by atoms with E-state index in [4.69, 9.17) is 9.26 Å². The highest BCUT2D eigenvalue weighted by atomic mass is 32.1. The Morgan fingerprint density at radius 2 is 2.03 bits per heavy atom. The van der Waals surface area contributed by atoms with Gasteiger partial charge in [-0.1, -0.05) is 23.4 Å². The van der Waals surface area contributed by atoms with E-state index in [0.29, 0.717) is 19.6 Å². The normalized spacial score (nSPS) is 14.5. The van der Waals surface area contributed by atoms with Crippen molar-refractivity contribution in [3.05, 3.63) is 69.2 Å². The molecule has 0 atom stereocenters. The number of hydrogen-bond donors (Lipinski definition) is 1. The van der Waals surface area contributed by atoms with Gasteiger partial charge < -0.3 is 19.5 Å². The van der Waals surface area contributed by atoms with E-state index in [2.05, 4.69) is 10.5 Å². The lowest BCUT2D eigenvalue weighted by Gasteiger charge is -2.30. The quantitative estimate of drug-likeness (QED) is 0.628. The number of piperidine rings is 1. The van der Waals surface area contributed by atoms with Crippen LogP contribution >= 0.6 is 11.3 Å². The Labute approximate surface area is 185 Å². The molecule has 3 aromatic rings. The highest BCUT2D eigenvalue weighted by Gasteiger charge is 2.28. The molecular formula is C23H25N3O4S. The number of hydrogen-bond acceptors (Lipinski definition) is 6. The zero-order chi connectivity index (χ0) is 21.8. The first-order valence-corrected chi connectivity index (χ1v) is 11.1. The van der Waals surface area contributed by atoms with E-state index in [9.17, 15) is 9.59 Å². The van der Waals surface area contributed by atoms with Crippen LogP contribution in [0, 0.1) is 6.92 Å². The van der Waals surface area contributed by atoms with Crippen molar-refractivity contribution in [2.75, 3.05) is 20.2 Å². The number of benzene rings is 1. The second-order valence-electron chi connectivity index (χ2n) is 7.67. The molecule has 1 aliphatic heterocycles. The molecule has 162 valence electrons. The molecule has 2 amide bonds. The molecule has 0 aliphatic carbocycles. The molecule has 3 heterocycles. The summed E-state index contributed by atoms with van der Waals surface area (Å²) in [6.45, 7) is 3.67. The van der Waals surface area contributed by atoms with E-state index in [0.717, 1.165) is 40.3 Å². The maximum absolute atomic E-state index is 12.6. The van der Waals surface area contributed by atoms with E-state index in [1.54, 1.807) is 13.2 Å². The summed E-state index contributed by atoms with van der Waals surface area (Å²) in [5, 5.41) is 8.96. The van der Waals surface area contributed by atoms with Crippen LogP contribution in [0.15, 0.2) is 46.3 Å². The van der Waals surface area contributed by atoms with E-state index in [1.807, 2.05) is 47.5 Å². The molecule has 2 aromatic heterocycles. The lowest BCUT2D eigenvalue weighted by Crippen LogP contribution is -2.37. The van der Waals surface area contributed by atoms with Gasteiger partial charge in [0.2, 0.25) is 5.76 Å². The van der Waals surface area contributed by atoms with Crippen LogP contribution in [0.2, 0.25) is 0 Å². The molecule has 0 unspecified atom stereocenters. The molecule has 1 N–H and O–H groups in total. The molecular weight excluding hydrogens is 414 g/mol. The highest BCUT2D eigenvalue weighted by molar-refractivity contribution is 7.12. The molecule has 1 aromatic carbocycles. The summed E-state index contributed by atoms with van der Waals surface area (Å²) in [5.41, 5.74) is 2.76. The van der Waals surface area contributed by atoms with Crippen molar-refractivity contribution in [1.82, 2.24) is 15.4 Å². The molecule has 0 radical (unpaired) electrons. The van der Waals surface area contributed by atoms with Crippen LogP contribution in [0.1, 0.15) is 55.8 Å². The zero-order valence-electron chi connectivity index (χ0n) is 17.6. The second kappa shape index (κ2) is 9.34. The van der Waals surface area contributed by atoms with Gasteiger partial charge in [0.05, 0.1) is 17.7 Å². The summed E-state index contributed by atoms with van der Waals surface area (Å²) in [6.07, 6.45) is 1.59. The Morgan fingerprint density at radius 1 is 1.26 bits per heavy atom. The molecule has 31 heavy (non-hydrogen) atoms. The Hall–Kier alpha value is -3.13. The van der Waals surface area contributed by atoms with Crippen LogP contribution in [-0.2, 0) is 6.54 Å². The van der Waals surface area contributed by atoms with E-state index in [-0.39, 0.29) is 23.5 Å². The standard InChI is InChI=1S/C23H25N3O4S/c1-15-11-21(31-14-15)23(28)26-9-7-16(8-10-26)18-12-20(30-25-18)22(27)24-13-17-5-3-4-6-19(17)29-2/h3-6,11-12,14,16H,7-10,13H2,1-2H3,(H,24,27). The van der Waals surface area contributed by atoms with Gasteiger partial charge in [0.15, 0.2) is 0 Å². The van der Waals surface area contributed by atoms with Crippen molar-refractivity contribution in [1.29, 1.82) is 0 Å². The van der Waals surface area contributed by atoms with E-state index >= 15 is 0 Å². The van der Waals surface area contributed by atoms with Gasteiger partial charge in [0.1, 0.15) is 5.75 Å². The number of aromatic nitrogens is 1. The van der Waals surface area contributed by atoms with Crippen molar-refractivity contribution >= 4 is 23.2 Å². The molecule has 0 spiro atoms. The molecule has 4 rings (SSSR count). The van der Waals surface area contributed by atoms with Crippen molar-refractivity contribution in [2.45, 2.75) is 32.2 Å². The van der Waals surface area contributed by atoms with Crippen molar-refractivity contribution in [2.24, 2.45) is 0 Å². The van der Waals surface area contributed by atoms with Crippen LogP contribution in [-0.4, -0.2) is 42.1 Å². The number of nitrogens with one attached hydrogen (secondary N) is 1. The minimum absolute atomic E-state index is 0.0908. The van der Waals surface area contributed by atoms with Gasteiger partial charge in [-0.2, -0.15) is 0 Å². The van der Waals surface area contributed by atoms with Crippen LogP contribution in [0.25, 0.3) is 0 Å². The molecule has 8 heteroatoms. The van der Waals surface area contributed by atoms with Gasteiger partial charge >= 0.3 is 0 Å². The number of rotatable bonds is 6. The van der Waals surface area contributed by atoms with Crippen LogP contribution in [0.3, 0.4) is 0 Å². The predicted octanol–water partition coefficient (Wildman–Crippen LogP) is 4.00. The maximum atomic E-state index is 12.6. The van der Waals surface area contributed by atoms with Gasteiger partial charge in [0.25, 0.3) is 11.8 Å². The summed E-state index contributed by atoms with van der Waals surface area (Å²) in [5.74, 6) is 0.865. The second-order valence-corrected chi connectivity index (χ2v) is 8.58. The minimum atomic E-state index is -0.315. The Bertz CT molecular complexity index is 1070. The monoisotopic (exact) mass is 439 g/mol. The molecule has 0 saturated carbocycles. The van der Waals surface area contributed by atoms with Crippen LogP contribution in [0.4, 0.5) is 0 Å². The topological polar surface area (TPSA) is 84.7 Å². The third-order valence-electron chi connectivity index (χ3n) is 5.53. The number of thiophene rings is 1. The van der Waals surface area contributed by atoms with Crippen molar-refractivity contribution < 1.29 is 18.8 Å². The fourth-order valence-corrected chi connectivity index (χ4v) is 4.64. The lowest BCUT2D eigenvalue weighted by atomic mass is 9.93. The Morgan fingerprint density at radius 3 is 2.74 bits per heavy atom. The Balaban J connectivity index is 1.32. The molecule has 1 aliphatic rings. The zero-order valence-corrected chi connectivity index (χ0v) is 18.4. The first kappa shape index (κ1) is 21.1. The van der Waals surface area contributed by atoms with E-state index in [1.165, 1.54) is 11.3 Å². The predicted molar refractivity (Wildman–Crippen MR) is 118 cm³/mol. The summed E-state index contributed by atoms with van der Waals surface area (Å²) in [7, 11) is 1.60. The fraction of sp³-hybridized carbons (Fsp3) is 0.348. The smallest absolute Gasteiger partial charge is 0.290 e. The summed E-state index contributed by atoms with van der Waals surface area (Å²) in [4.78, 5) is 27.8. The number of methoxy groups -OCH3 is 1. The third-order valence-corrected chi connectivity index (χ3v) is 6.56. The third kappa shape index (κ3) is 4.80. The molecule has 1 fully saturated rings. The largest absolute Gasteiger partial charge is 0.496 e. The highest BCUT2D eigenvalue weighted by Crippen LogP contribution is 2.29. The minimum Gasteiger partial charge on any atom is -0.496 e. The van der Waals surface area contributed by atoms with Crippen LogP contribution in [0.5, 0.6) is 5.75 Å². The summed E-state index contributed by atoms with van der Waals surface area (Å²) in [6, 6.07) is 11.2. The SMILES string of the molecule is COc1ccccc1CNC(=O)c1cc(C2CCN(C(=O)c3cc(C)cs3)CC2)no1. The van der Waals surface area contributed by atoms with Crippen molar-refractivity contribution in [3.8, 4) is 5.75 Å². The first-order chi connectivity index (χ1) is 15.0. The van der Waals surface area contributed by atoms with Crippen LogP contribution < -0.4 is 10.1 Å². The number of aryl methyl sites for hydroxylation is 1. The number of carbonyl (C=O) groups is 2. The van der Waals surface area contributed by atoms with Gasteiger partial charge in [-0.05, 0) is 42.8 Å². The first-order valence-electron chi connectivity index (χ1n) is 10.3. The maximum Gasteiger partial charge on any atom is 0.290 e. The number of amides is 2. The van der Waals surface area contributed by atoms with Gasteiger partial charge in [0, 0.05) is 37.2 Å². The average molecular weight is 440 g/mol. The lowest BCUT2D eigenvalue weighted by molar-refractivity contribution is 0.0715. The van der Waals surface area contributed by atoms with Gasteiger partial charge in [-0.3, -0.25) is 9.59 Å². The van der Waals surface area contributed by atoms with E-state index < -0.39 is 0 Å². The number of carbonyl (C=O) groups excluding carboxylic acids is 2. The van der Waals surface area contributed by atoms with Gasteiger partial charge in [-0.25, -0.2) is 0 Å².